The predicted octanol–water partition coefficient (Wildman–Crippen LogP) is 0.986. The highest BCUT2D eigenvalue weighted by molar-refractivity contribution is 5.93. The second-order valence-corrected chi connectivity index (χ2v) is 5.91. The number of carbonyl (C=O) groups excluding carboxylic acids is 1. The van der Waals surface area contributed by atoms with Gasteiger partial charge in [-0.05, 0) is 45.0 Å². The van der Waals surface area contributed by atoms with E-state index in [-0.39, 0.29) is 12.5 Å². The maximum atomic E-state index is 12.5. The maximum absolute atomic E-state index is 12.5. The first-order chi connectivity index (χ1) is 9.97. The number of hydrogen-bond acceptors (Lipinski definition) is 3. The van der Waals surface area contributed by atoms with Crippen molar-refractivity contribution in [1.82, 2.24) is 14.4 Å². The molecule has 6 heteroatoms. The highest BCUT2D eigenvalue weighted by Crippen LogP contribution is 2.19. The molecule has 0 aromatic carbocycles. The lowest BCUT2D eigenvalue weighted by atomic mass is 9.96. The van der Waals surface area contributed by atoms with Crippen LogP contribution in [0, 0.1) is 5.92 Å². The molecule has 1 aromatic heterocycles. The number of amides is 1. The maximum Gasteiger partial charge on any atom is 0.323 e. The molecule has 0 radical (unpaired) electrons. The lowest BCUT2D eigenvalue weighted by Crippen LogP contribution is -2.41. The van der Waals surface area contributed by atoms with Crippen molar-refractivity contribution >= 4 is 11.9 Å². The molecule has 1 amide bonds. The van der Waals surface area contributed by atoms with Crippen LogP contribution in [-0.2, 0) is 11.3 Å². The monoisotopic (exact) mass is 293 g/mol. The molecule has 1 saturated heterocycles. The Morgan fingerprint density at radius 3 is 2.57 bits per heavy atom. The highest BCUT2D eigenvalue weighted by Gasteiger charge is 2.25. The van der Waals surface area contributed by atoms with Gasteiger partial charge in [-0.25, -0.2) is 0 Å². The Balaban J connectivity index is 1.96. The minimum Gasteiger partial charge on any atom is -0.480 e. The van der Waals surface area contributed by atoms with E-state index < -0.39 is 5.97 Å². The average molecular weight is 293 g/mol. The molecule has 1 aromatic rings. The fourth-order valence-electron chi connectivity index (χ4n) is 2.89. The van der Waals surface area contributed by atoms with Crippen LogP contribution in [0.1, 0.15) is 23.3 Å². The minimum absolute atomic E-state index is 0.0652. The summed E-state index contributed by atoms with van der Waals surface area (Å²) < 4.78 is 1.50. The first-order valence-corrected chi connectivity index (χ1v) is 7.28. The van der Waals surface area contributed by atoms with Crippen molar-refractivity contribution in [2.75, 3.05) is 33.7 Å². The standard InChI is InChI=1S/C15H23N3O3/c1-16(2)10-12-5-8-17(9-6-12)15(21)13-4-3-7-18(13)11-14(19)20/h3-4,7,12H,5-6,8-11H2,1-2H3,(H,19,20). The van der Waals surface area contributed by atoms with Gasteiger partial charge in [0.15, 0.2) is 0 Å². The Morgan fingerprint density at radius 2 is 2.00 bits per heavy atom. The van der Waals surface area contributed by atoms with Gasteiger partial charge in [-0.15, -0.1) is 0 Å². The van der Waals surface area contributed by atoms with Gasteiger partial charge in [0, 0.05) is 25.8 Å². The van der Waals surface area contributed by atoms with Crippen molar-refractivity contribution in [2.45, 2.75) is 19.4 Å². The SMILES string of the molecule is CN(C)CC1CCN(C(=O)c2cccn2CC(=O)O)CC1. The van der Waals surface area contributed by atoms with Gasteiger partial charge in [0.2, 0.25) is 0 Å². The number of likely N-dealkylation sites (tertiary alicyclic amines) is 1. The van der Waals surface area contributed by atoms with Gasteiger partial charge in [-0.2, -0.15) is 0 Å². The normalized spacial score (nSPS) is 16.4. The Bertz CT molecular complexity index is 502. The van der Waals surface area contributed by atoms with Gasteiger partial charge in [-0.1, -0.05) is 0 Å². The van der Waals surface area contributed by atoms with Crippen LogP contribution in [0.4, 0.5) is 0 Å². The molecular formula is C15H23N3O3. The van der Waals surface area contributed by atoms with Crippen LogP contribution in [0.2, 0.25) is 0 Å². The quantitative estimate of drug-likeness (QED) is 0.879. The van der Waals surface area contributed by atoms with E-state index in [2.05, 4.69) is 19.0 Å². The number of carbonyl (C=O) groups is 2. The number of piperidine rings is 1. The van der Waals surface area contributed by atoms with Crippen molar-refractivity contribution in [3.63, 3.8) is 0 Å². The summed E-state index contributed by atoms with van der Waals surface area (Å²) in [6.07, 6.45) is 3.65. The van der Waals surface area contributed by atoms with E-state index in [1.807, 2.05) is 4.90 Å². The zero-order chi connectivity index (χ0) is 15.4. The van der Waals surface area contributed by atoms with Crippen molar-refractivity contribution in [1.29, 1.82) is 0 Å². The number of nitrogens with zero attached hydrogens (tertiary/aromatic N) is 3. The molecule has 1 aliphatic rings. The molecule has 0 bridgehead atoms. The van der Waals surface area contributed by atoms with E-state index in [0.717, 1.165) is 32.5 Å². The van der Waals surface area contributed by atoms with Gasteiger partial charge >= 0.3 is 5.97 Å². The molecule has 0 spiro atoms. The number of hydrogen-bond donors (Lipinski definition) is 1. The predicted molar refractivity (Wildman–Crippen MR) is 79.2 cm³/mol. The van der Waals surface area contributed by atoms with Crippen LogP contribution in [-0.4, -0.2) is 65.1 Å². The summed E-state index contributed by atoms with van der Waals surface area (Å²) in [4.78, 5) is 27.3. The molecule has 1 N–H and O–H groups in total. The minimum atomic E-state index is -0.940. The van der Waals surface area contributed by atoms with E-state index in [1.165, 1.54) is 4.57 Å². The molecule has 1 fully saturated rings. The van der Waals surface area contributed by atoms with Crippen molar-refractivity contribution in [2.24, 2.45) is 5.92 Å². The van der Waals surface area contributed by atoms with Gasteiger partial charge in [-0.3, -0.25) is 9.59 Å². The second-order valence-electron chi connectivity index (χ2n) is 5.91. The highest BCUT2D eigenvalue weighted by atomic mass is 16.4. The van der Waals surface area contributed by atoms with Crippen molar-refractivity contribution < 1.29 is 14.7 Å². The third kappa shape index (κ3) is 4.07. The smallest absolute Gasteiger partial charge is 0.323 e. The lowest BCUT2D eigenvalue weighted by molar-refractivity contribution is -0.137. The Labute approximate surface area is 124 Å². The van der Waals surface area contributed by atoms with Crippen LogP contribution in [0.3, 0.4) is 0 Å². The summed E-state index contributed by atoms with van der Waals surface area (Å²) in [6, 6.07) is 3.41. The largest absolute Gasteiger partial charge is 0.480 e. The Kier molecular flexibility index (Phi) is 5.01. The molecule has 21 heavy (non-hydrogen) atoms. The first kappa shape index (κ1) is 15.6. The van der Waals surface area contributed by atoms with Crippen LogP contribution in [0.25, 0.3) is 0 Å². The number of carboxylic acid groups (broad SMARTS) is 1. The summed E-state index contributed by atoms with van der Waals surface area (Å²) in [5, 5.41) is 8.87. The van der Waals surface area contributed by atoms with Crippen LogP contribution in [0.5, 0.6) is 0 Å². The number of aromatic nitrogens is 1. The van der Waals surface area contributed by atoms with E-state index >= 15 is 0 Å². The zero-order valence-corrected chi connectivity index (χ0v) is 12.7. The number of carboxylic acids is 1. The van der Waals surface area contributed by atoms with Crippen molar-refractivity contribution in [3.05, 3.63) is 24.0 Å². The molecule has 6 nitrogen and oxygen atoms in total. The van der Waals surface area contributed by atoms with Gasteiger partial charge < -0.3 is 19.5 Å². The fourth-order valence-corrected chi connectivity index (χ4v) is 2.89. The average Bonchev–Trinajstić information content (AvgIpc) is 2.85. The zero-order valence-electron chi connectivity index (χ0n) is 12.7. The fraction of sp³-hybridized carbons (Fsp3) is 0.600. The van der Waals surface area contributed by atoms with Gasteiger partial charge in [0.25, 0.3) is 5.91 Å². The molecule has 2 heterocycles. The molecule has 0 atom stereocenters. The van der Waals surface area contributed by atoms with Crippen LogP contribution < -0.4 is 0 Å². The summed E-state index contributed by atoms with van der Waals surface area (Å²) in [6.45, 7) is 2.37. The number of rotatable bonds is 5. The van der Waals surface area contributed by atoms with E-state index in [0.29, 0.717) is 11.6 Å². The molecule has 2 rings (SSSR count). The van der Waals surface area contributed by atoms with E-state index in [1.54, 1.807) is 18.3 Å². The molecule has 1 aliphatic heterocycles. The van der Waals surface area contributed by atoms with Crippen LogP contribution >= 0.6 is 0 Å². The second kappa shape index (κ2) is 6.76. The third-order valence-corrected chi connectivity index (χ3v) is 3.88. The third-order valence-electron chi connectivity index (χ3n) is 3.88. The lowest BCUT2D eigenvalue weighted by Gasteiger charge is -2.33. The Hall–Kier alpha value is -1.82. The van der Waals surface area contributed by atoms with Crippen molar-refractivity contribution in [3.8, 4) is 0 Å². The topological polar surface area (TPSA) is 65.8 Å². The summed E-state index contributed by atoms with van der Waals surface area (Å²) >= 11 is 0. The first-order valence-electron chi connectivity index (χ1n) is 7.28. The van der Waals surface area contributed by atoms with E-state index in [9.17, 15) is 9.59 Å². The van der Waals surface area contributed by atoms with Gasteiger partial charge in [0.1, 0.15) is 12.2 Å². The molecule has 0 aliphatic carbocycles. The summed E-state index contributed by atoms with van der Waals surface area (Å²) in [7, 11) is 4.13. The molecule has 116 valence electrons. The van der Waals surface area contributed by atoms with Crippen LogP contribution in [0.15, 0.2) is 18.3 Å². The molecule has 0 unspecified atom stereocenters. The number of aliphatic carboxylic acids is 1. The Morgan fingerprint density at radius 1 is 1.33 bits per heavy atom. The van der Waals surface area contributed by atoms with Gasteiger partial charge in [0.05, 0.1) is 0 Å². The van der Waals surface area contributed by atoms with E-state index in [4.69, 9.17) is 5.11 Å². The molecular weight excluding hydrogens is 270 g/mol. The summed E-state index contributed by atoms with van der Waals surface area (Å²) in [5.41, 5.74) is 0.462. The summed E-state index contributed by atoms with van der Waals surface area (Å²) in [5.74, 6) is -0.371. The molecule has 0 saturated carbocycles.